The van der Waals surface area contributed by atoms with Gasteiger partial charge in [-0.3, -0.25) is 9.59 Å². The van der Waals surface area contributed by atoms with Gasteiger partial charge in [-0.15, -0.1) is 0 Å². The number of hydrogen-bond donors (Lipinski definition) is 0. The Bertz CT molecular complexity index is 749. The van der Waals surface area contributed by atoms with Crippen molar-refractivity contribution in [2.75, 3.05) is 20.3 Å². The molecule has 0 bridgehead atoms. The summed E-state index contributed by atoms with van der Waals surface area (Å²) in [5.74, 6) is 1.76. The molecule has 0 saturated heterocycles. The van der Waals surface area contributed by atoms with Crippen LogP contribution >= 0.6 is 0 Å². The zero-order valence-corrected chi connectivity index (χ0v) is 13.4. The van der Waals surface area contributed by atoms with Crippen LogP contribution in [0.3, 0.4) is 0 Å². The van der Waals surface area contributed by atoms with E-state index in [2.05, 4.69) is 0 Å². The van der Waals surface area contributed by atoms with Gasteiger partial charge in [-0.05, 0) is 42.5 Å². The molecule has 2 aromatic rings. The Morgan fingerprint density at radius 3 is 2.12 bits per heavy atom. The predicted octanol–water partition coefficient (Wildman–Crippen LogP) is 3.31. The second kappa shape index (κ2) is 7.17. The van der Waals surface area contributed by atoms with E-state index in [1.54, 1.807) is 49.6 Å². The molecule has 5 heteroatoms. The van der Waals surface area contributed by atoms with Gasteiger partial charge in [0.2, 0.25) is 0 Å². The van der Waals surface area contributed by atoms with Gasteiger partial charge in [0.1, 0.15) is 19.0 Å². The first-order chi connectivity index (χ1) is 11.7. The van der Waals surface area contributed by atoms with Gasteiger partial charge >= 0.3 is 0 Å². The van der Waals surface area contributed by atoms with E-state index in [1.165, 1.54) is 0 Å². The number of Topliss-reactive ketones (excluding diaryl/α,β-unsaturated/α-hetero) is 2. The molecular formula is C19H18O5. The third-order valence-electron chi connectivity index (χ3n) is 3.86. The van der Waals surface area contributed by atoms with Gasteiger partial charge in [-0.25, -0.2) is 0 Å². The van der Waals surface area contributed by atoms with E-state index < -0.39 is 0 Å². The maximum atomic E-state index is 12.3. The molecule has 0 spiro atoms. The quantitative estimate of drug-likeness (QED) is 0.762. The summed E-state index contributed by atoms with van der Waals surface area (Å²) >= 11 is 0. The first-order valence-electron chi connectivity index (χ1n) is 7.77. The van der Waals surface area contributed by atoms with Crippen LogP contribution in [0.25, 0.3) is 0 Å². The molecule has 1 aliphatic heterocycles. The Balaban J connectivity index is 1.61. The highest BCUT2D eigenvalue weighted by atomic mass is 16.6. The first-order valence-corrected chi connectivity index (χ1v) is 7.77. The van der Waals surface area contributed by atoms with Crippen molar-refractivity contribution in [2.45, 2.75) is 12.8 Å². The highest BCUT2D eigenvalue weighted by Crippen LogP contribution is 2.31. The average Bonchev–Trinajstić information content (AvgIpc) is 2.65. The lowest BCUT2D eigenvalue weighted by molar-refractivity contribution is 0.0917. The summed E-state index contributed by atoms with van der Waals surface area (Å²) in [5, 5.41) is 0. The van der Waals surface area contributed by atoms with Gasteiger partial charge in [0.05, 0.1) is 7.11 Å². The summed E-state index contributed by atoms with van der Waals surface area (Å²) in [7, 11) is 1.57. The SMILES string of the molecule is COc1ccc(C(=O)CCC(=O)c2ccc3c(c2)OCCO3)cc1. The fraction of sp³-hybridized carbons (Fsp3) is 0.263. The number of carbonyl (C=O) groups excluding carboxylic acids is 2. The van der Waals surface area contributed by atoms with Crippen LogP contribution in [0.2, 0.25) is 0 Å². The topological polar surface area (TPSA) is 61.8 Å². The summed E-state index contributed by atoms with van der Waals surface area (Å²) in [6.07, 6.45) is 0.324. The van der Waals surface area contributed by atoms with Gasteiger partial charge in [-0.2, -0.15) is 0 Å². The van der Waals surface area contributed by atoms with Gasteiger partial charge < -0.3 is 14.2 Å². The van der Waals surface area contributed by atoms with Crippen LogP contribution in [-0.4, -0.2) is 31.9 Å². The van der Waals surface area contributed by atoms with Crippen LogP contribution in [0.15, 0.2) is 42.5 Å². The first kappa shape index (κ1) is 16.1. The molecule has 5 nitrogen and oxygen atoms in total. The van der Waals surface area contributed by atoms with Crippen molar-refractivity contribution < 1.29 is 23.8 Å². The Labute approximate surface area is 140 Å². The van der Waals surface area contributed by atoms with E-state index in [0.29, 0.717) is 41.6 Å². The van der Waals surface area contributed by atoms with Crippen molar-refractivity contribution in [3.8, 4) is 17.2 Å². The molecule has 124 valence electrons. The third kappa shape index (κ3) is 3.56. The number of carbonyl (C=O) groups is 2. The van der Waals surface area contributed by atoms with Gasteiger partial charge in [0.25, 0.3) is 0 Å². The van der Waals surface area contributed by atoms with Crippen molar-refractivity contribution >= 4 is 11.6 Å². The Morgan fingerprint density at radius 2 is 1.46 bits per heavy atom. The van der Waals surface area contributed by atoms with E-state index in [-0.39, 0.29) is 24.4 Å². The molecule has 1 heterocycles. The van der Waals surface area contributed by atoms with Crippen LogP contribution in [0.1, 0.15) is 33.6 Å². The van der Waals surface area contributed by atoms with Crippen molar-refractivity contribution in [3.63, 3.8) is 0 Å². The van der Waals surface area contributed by atoms with E-state index >= 15 is 0 Å². The molecule has 3 rings (SSSR count). The second-order valence-electron chi connectivity index (χ2n) is 5.43. The van der Waals surface area contributed by atoms with E-state index in [4.69, 9.17) is 14.2 Å². The largest absolute Gasteiger partial charge is 0.497 e. The maximum absolute atomic E-state index is 12.3. The molecule has 0 saturated carbocycles. The van der Waals surface area contributed by atoms with Gasteiger partial charge in [0, 0.05) is 24.0 Å². The molecule has 0 fully saturated rings. The van der Waals surface area contributed by atoms with E-state index in [0.717, 1.165) is 0 Å². The Hall–Kier alpha value is -2.82. The number of fused-ring (bicyclic) bond motifs is 1. The zero-order chi connectivity index (χ0) is 16.9. The number of benzene rings is 2. The lowest BCUT2D eigenvalue weighted by atomic mass is 10.0. The van der Waals surface area contributed by atoms with Crippen LogP contribution in [0, 0.1) is 0 Å². The summed E-state index contributed by atoms with van der Waals surface area (Å²) in [5.41, 5.74) is 1.10. The summed E-state index contributed by atoms with van der Waals surface area (Å²) in [6, 6.07) is 12.0. The van der Waals surface area contributed by atoms with Crippen LogP contribution < -0.4 is 14.2 Å². The molecule has 1 aliphatic rings. The molecule has 0 aliphatic carbocycles. The van der Waals surface area contributed by atoms with Gasteiger partial charge in [-0.1, -0.05) is 0 Å². The van der Waals surface area contributed by atoms with Crippen LogP contribution in [-0.2, 0) is 0 Å². The monoisotopic (exact) mass is 326 g/mol. The Kier molecular flexibility index (Phi) is 4.79. The zero-order valence-electron chi connectivity index (χ0n) is 13.4. The fourth-order valence-electron chi connectivity index (χ4n) is 2.51. The van der Waals surface area contributed by atoms with Crippen molar-refractivity contribution in [1.82, 2.24) is 0 Å². The molecule has 0 atom stereocenters. The Morgan fingerprint density at radius 1 is 0.875 bits per heavy atom. The number of ether oxygens (including phenoxy) is 3. The molecule has 0 aromatic heterocycles. The van der Waals surface area contributed by atoms with Gasteiger partial charge in [0.15, 0.2) is 23.1 Å². The van der Waals surface area contributed by atoms with Crippen molar-refractivity contribution in [3.05, 3.63) is 53.6 Å². The highest BCUT2D eigenvalue weighted by molar-refractivity contribution is 6.02. The van der Waals surface area contributed by atoms with Crippen LogP contribution in [0.5, 0.6) is 17.2 Å². The maximum Gasteiger partial charge on any atom is 0.163 e. The molecular weight excluding hydrogens is 308 g/mol. The minimum Gasteiger partial charge on any atom is -0.497 e. The molecule has 0 radical (unpaired) electrons. The molecule has 0 unspecified atom stereocenters. The van der Waals surface area contributed by atoms with Crippen molar-refractivity contribution in [2.24, 2.45) is 0 Å². The average molecular weight is 326 g/mol. The standard InChI is InChI=1S/C19H18O5/c1-22-15-5-2-13(3-6-15)16(20)7-8-17(21)14-4-9-18-19(12-14)24-11-10-23-18/h2-6,9,12H,7-8,10-11H2,1H3. The summed E-state index contributed by atoms with van der Waals surface area (Å²) < 4.78 is 16.0. The lowest BCUT2D eigenvalue weighted by Crippen LogP contribution is -2.16. The lowest BCUT2D eigenvalue weighted by Gasteiger charge is -2.18. The summed E-state index contributed by atoms with van der Waals surface area (Å²) in [6.45, 7) is 0.983. The molecule has 0 amide bonds. The third-order valence-corrected chi connectivity index (χ3v) is 3.86. The van der Waals surface area contributed by atoms with E-state index in [9.17, 15) is 9.59 Å². The number of rotatable bonds is 6. The van der Waals surface area contributed by atoms with Crippen molar-refractivity contribution in [1.29, 1.82) is 0 Å². The molecule has 24 heavy (non-hydrogen) atoms. The number of ketones is 2. The fourth-order valence-corrected chi connectivity index (χ4v) is 2.51. The predicted molar refractivity (Wildman–Crippen MR) is 88.3 cm³/mol. The number of methoxy groups -OCH3 is 1. The number of hydrogen-bond acceptors (Lipinski definition) is 5. The normalized spacial score (nSPS) is 12.5. The highest BCUT2D eigenvalue weighted by Gasteiger charge is 2.16. The molecule has 0 N–H and O–H groups in total. The minimum atomic E-state index is -0.0890. The summed E-state index contributed by atoms with van der Waals surface area (Å²) in [4.78, 5) is 24.5. The smallest absolute Gasteiger partial charge is 0.163 e. The van der Waals surface area contributed by atoms with E-state index in [1.807, 2.05) is 0 Å². The van der Waals surface area contributed by atoms with Crippen LogP contribution in [0.4, 0.5) is 0 Å². The molecule has 2 aromatic carbocycles. The second-order valence-corrected chi connectivity index (χ2v) is 5.43. The minimum absolute atomic E-state index is 0.0662.